The van der Waals surface area contributed by atoms with Gasteiger partial charge in [0.2, 0.25) is 0 Å². The molecule has 0 fully saturated rings. The van der Waals surface area contributed by atoms with Gasteiger partial charge >= 0.3 is 0 Å². The summed E-state index contributed by atoms with van der Waals surface area (Å²) in [5.74, 6) is -0.216. The number of halogens is 2. The van der Waals surface area contributed by atoms with E-state index in [-0.39, 0.29) is 17.3 Å². The summed E-state index contributed by atoms with van der Waals surface area (Å²) in [4.78, 5) is 18.2. The van der Waals surface area contributed by atoms with Gasteiger partial charge in [-0.2, -0.15) is 0 Å². The standard InChI is InChI=1S/C26H21ClFN3O/c1-17(19-5-3-2-4-6-19)14-30-16-29-24-22-13-21(28)11-12-23(22)31(25(24)26(30)32)15-18-7-9-20(27)10-8-18/h2-13,16-17H,14-15H2,1H3. The SMILES string of the molecule is CC(Cn1cnc2c3cc(F)ccc3n(Cc3ccc(Cl)cc3)c2c1=O)c1ccccc1. The second kappa shape index (κ2) is 8.24. The highest BCUT2D eigenvalue weighted by Gasteiger charge is 2.18. The minimum atomic E-state index is -0.355. The Morgan fingerprint density at radius 3 is 2.53 bits per heavy atom. The van der Waals surface area contributed by atoms with Gasteiger partial charge in [-0.25, -0.2) is 9.37 Å². The van der Waals surface area contributed by atoms with Gasteiger partial charge in [-0.1, -0.05) is 61.0 Å². The molecule has 2 heterocycles. The Morgan fingerprint density at radius 1 is 1.03 bits per heavy atom. The molecule has 4 nitrogen and oxygen atoms in total. The lowest BCUT2D eigenvalue weighted by Crippen LogP contribution is -2.24. The van der Waals surface area contributed by atoms with Crippen LogP contribution in [0.25, 0.3) is 21.9 Å². The highest BCUT2D eigenvalue weighted by molar-refractivity contribution is 6.30. The van der Waals surface area contributed by atoms with Gasteiger partial charge in [-0.15, -0.1) is 0 Å². The first-order chi connectivity index (χ1) is 15.5. The van der Waals surface area contributed by atoms with Crippen molar-refractivity contribution in [2.75, 3.05) is 0 Å². The van der Waals surface area contributed by atoms with Gasteiger partial charge in [-0.05, 0) is 47.4 Å². The average Bonchev–Trinajstić information content (AvgIpc) is 3.11. The van der Waals surface area contributed by atoms with Gasteiger partial charge in [0.15, 0.2) is 0 Å². The molecule has 0 spiro atoms. The number of aromatic nitrogens is 3. The third-order valence-electron chi connectivity index (χ3n) is 5.88. The van der Waals surface area contributed by atoms with Crippen LogP contribution in [0.4, 0.5) is 4.39 Å². The van der Waals surface area contributed by atoms with Gasteiger partial charge in [0.05, 0.1) is 11.8 Å². The molecule has 0 aliphatic carbocycles. The van der Waals surface area contributed by atoms with Crippen molar-refractivity contribution in [1.29, 1.82) is 0 Å². The largest absolute Gasteiger partial charge is 0.330 e. The number of nitrogens with zero attached hydrogens (tertiary/aromatic N) is 3. The van der Waals surface area contributed by atoms with E-state index in [1.807, 2.05) is 47.0 Å². The van der Waals surface area contributed by atoms with E-state index in [0.29, 0.717) is 34.5 Å². The van der Waals surface area contributed by atoms with Gasteiger partial charge in [0, 0.05) is 23.5 Å². The van der Waals surface area contributed by atoms with Crippen molar-refractivity contribution in [3.63, 3.8) is 0 Å². The van der Waals surface area contributed by atoms with E-state index in [1.165, 1.54) is 12.1 Å². The van der Waals surface area contributed by atoms with Crippen LogP contribution in [0, 0.1) is 5.82 Å². The quantitative estimate of drug-likeness (QED) is 0.333. The van der Waals surface area contributed by atoms with Crippen molar-refractivity contribution in [3.8, 4) is 0 Å². The number of hydrogen-bond donors (Lipinski definition) is 0. The molecule has 5 aromatic rings. The zero-order valence-electron chi connectivity index (χ0n) is 17.5. The van der Waals surface area contributed by atoms with Gasteiger partial charge in [0.1, 0.15) is 16.9 Å². The Morgan fingerprint density at radius 2 is 1.78 bits per heavy atom. The van der Waals surface area contributed by atoms with E-state index in [0.717, 1.165) is 16.6 Å². The molecule has 2 aromatic heterocycles. The monoisotopic (exact) mass is 445 g/mol. The smallest absolute Gasteiger partial charge is 0.277 e. The molecule has 3 aromatic carbocycles. The summed E-state index contributed by atoms with van der Waals surface area (Å²) in [6, 6.07) is 22.1. The Hall–Kier alpha value is -3.44. The van der Waals surface area contributed by atoms with Crippen molar-refractivity contribution in [3.05, 3.63) is 111 Å². The fraction of sp³-hybridized carbons (Fsp3) is 0.154. The van der Waals surface area contributed by atoms with Gasteiger partial charge in [0.25, 0.3) is 5.56 Å². The van der Waals surface area contributed by atoms with Crippen LogP contribution in [0.1, 0.15) is 24.0 Å². The molecule has 6 heteroatoms. The molecule has 0 aliphatic rings. The van der Waals surface area contributed by atoms with Crippen LogP contribution in [0.15, 0.2) is 83.9 Å². The molecular weight excluding hydrogens is 425 g/mol. The first-order valence-corrected chi connectivity index (χ1v) is 10.9. The fourth-order valence-corrected chi connectivity index (χ4v) is 4.35. The summed E-state index contributed by atoms with van der Waals surface area (Å²) in [6.45, 7) is 3.05. The molecule has 0 radical (unpaired) electrons. The maximum atomic E-state index is 14.0. The summed E-state index contributed by atoms with van der Waals surface area (Å²) < 4.78 is 17.6. The zero-order valence-corrected chi connectivity index (χ0v) is 18.3. The Kier molecular flexibility index (Phi) is 5.27. The summed E-state index contributed by atoms with van der Waals surface area (Å²) in [5, 5.41) is 1.28. The molecule has 0 saturated heterocycles. The minimum Gasteiger partial charge on any atom is -0.330 e. The van der Waals surface area contributed by atoms with Crippen LogP contribution in [-0.4, -0.2) is 14.1 Å². The van der Waals surface area contributed by atoms with Crippen molar-refractivity contribution >= 4 is 33.5 Å². The Labute approximate surface area is 189 Å². The zero-order chi connectivity index (χ0) is 22.2. The molecule has 0 saturated carbocycles. The van der Waals surface area contributed by atoms with E-state index < -0.39 is 0 Å². The molecule has 5 rings (SSSR count). The number of rotatable bonds is 5. The lowest BCUT2D eigenvalue weighted by atomic mass is 10.0. The predicted molar refractivity (Wildman–Crippen MR) is 127 cm³/mol. The van der Waals surface area contributed by atoms with Crippen LogP contribution in [0.2, 0.25) is 5.02 Å². The molecule has 0 aliphatic heterocycles. The summed E-state index contributed by atoms with van der Waals surface area (Å²) >= 11 is 6.03. The number of benzene rings is 3. The lowest BCUT2D eigenvalue weighted by molar-refractivity contribution is 0.575. The average molecular weight is 446 g/mol. The molecule has 32 heavy (non-hydrogen) atoms. The van der Waals surface area contributed by atoms with E-state index >= 15 is 0 Å². The van der Waals surface area contributed by atoms with Crippen LogP contribution in [0.3, 0.4) is 0 Å². The Bertz CT molecular complexity index is 1470. The van der Waals surface area contributed by atoms with Crippen LogP contribution in [-0.2, 0) is 13.1 Å². The molecule has 160 valence electrons. The van der Waals surface area contributed by atoms with E-state index in [2.05, 4.69) is 24.0 Å². The summed E-state index contributed by atoms with van der Waals surface area (Å²) in [7, 11) is 0. The molecule has 0 N–H and O–H groups in total. The fourth-order valence-electron chi connectivity index (χ4n) is 4.22. The van der Waals surface area contributed by atoms with Crippen LogP contribution in [0.5, 0.6) is 0 Å². The third-order valence-corrected chi connectivity index (χ3v) is 6.13. The first kappa shape index (κ1) is 20.5. The lowest BCUT2D eigenvalue weighted by Gasteiger charge is -2.14. The highest BCUT2D eigenvalue weighted by Crippen LogP contribution is 2.28. The van der Waals surface area contributed by atoms with Crippen molar-refractivity contribution in [2.24, 2.45) is 0 Å². The normalized spacial score (nSPS) is 12.5. The van der Waals surface area contributed by atoms with Crippen molar-refractivity contribution in [1.82, 2.24) is 14.1 Å². The summed E-state index contributed by atoms with van der Waals surface area (Å²) in [6.07, 6.45) is 1.57. The molecule has 1 unspecified atom stereocenters. The molecular formula is C26H21ClFN3O. The van der Waals surface area contributed by atoms with Crippen molar-refractivity contribution < 1.29 is 4.39 Å². The topological polar surface area (TPSA) is 39.8 Å². The van der Waals surface area contributed by atoms with Gasteiger partial charge in [-0.3, -0.25) is 9.36 Å². The van der Waals surface area contributed by atoms with Gasteiger partial charge < -0.3 is 4.57 Å². The van der Waals surface area contributed by atoms with Crippen LogP contribution >= 0.6 is 11.6 Å². The number of hydrogen-bond acceptors (Lipinski definition) is 2. The van der Waals surface area contributed by atoms with E-state index in [9.17, 15) is 9.18 Å². The predicted octanol–water partition coefficient (Wildman–Crippen LogP) is 6.00. The number of fused-ring (bicyclic) bond motifs is 3. The maximum Gasteiger partial charge on any atom is 0.277 e. The first-order valence-electron chi connectivity index (χ1n) is 10.5. The molecule has 0 bridgehead atoms. The van der Waals surface area contributed by atoms with Crippen molar-refractivity contribution in [2.45, 2.75) is 25.9 Å². The Balaban J connectivity index is 1.66. The molecule has 0 amide bonds. The second-order valence-corrected chi connectivity index (χ2v) is 8.52. The van der Waals surface area contributed by atoms with E-state index in [4.69, 9.17) is 11.6 Å². The van der Waals surface area contributed by atoms with E-state index in [1.54, 1.807) is 17.0 Å². The maximum absolute atomic E-state index is 14.0. The minimum absolute atomic E-state index is 0.136. The highest BCUT2D eigenvalue weighted by atomic mass is 35.5. The molecule has 1 atom stereocenters. The third kappa shape index (κ3) is 3.69. The van der Waals surface area contributed by atoms with Crippen LogP contribution < -0.4 is 5.56 Å². The second-order valence-electron chi connectivity index (χ2n) is 8.09. The summed E-state index contributed by atoms with van der Waals surface area (Å²) in [5.41, 5.74) is 3.77.